The van der Waals surface area contributed by atoms with Crippen LogP contribution in [0.25, 0.3) is 11.5 Å². The summed E-state index contributed by atoms with van der Waals surface area (Å²) in [6.07, 6.45) is 0. The van der Waals surface area contributed by atoms with Gasteiger partial charge in [-0.2, -0.15) is 0 Å². The van der Waals surface area contributed by atoms with E-state index in [0.717, 1.165) is 11.1 Å². The predicted octanol–water partition coefficient (Wildman–Crippen LogP) is 2.17. The minimum Gasteiger partial charge on any atom is -0.495 e. The van der Waals surface area contributed by atoms with Crippen LogP contribution in [0.3, 0.4) is 0 Å². The molecule has 90 valence electrons. The normalized spacial score (nSPS) is 10.6. The fourth-order valence-corrected chi connectivity index (χ4v) is 1.73. The summed E-state index contributed by atoms with van der Waals surface area (Å²) in [6, 6.07) is 3.56. The number of rotatable bonds is 3. The zero-order chi connectivity index (χ0) is 12.4. The third-order valence-electron chi connectivity index (χ3n) is 2.37. The van der Waals surface area contributed by atoms with Gasteiger partial charge < -0.3 is 14.9 Å². The van der Waals surface area contributed by atoms with Crippen molar-refractivity contribution in [3.05, 3.63) is 28.6 Å². The van der Waals surface area contributed by atoms with Crippen LogP contribution < -0.4 is 10.5 Å². The Hall–Kier alpha value is -1.59. The number of halogens is 1. The SMILES string of the molecule is COc1cc(C)c(-c2nnc(CN)o2)cc1Cl. The van der Waals surface area contributed by atoms with Gasteiger partial charge in [0.25, 0.3) is 0 Å². The maximum atomic E-state index is 6.05. The van der Waals surface area contributed by atoms with Gasteiger partial charge in [0.05, 0.1) is 18.7 Å². The van der Waals surface area contributed by atoms with Crippen molar-refractivity contribution < 1.29 is 9.15 Å². The second-order valence-electron chi connectivity index (χ2n) is 3.51. The fraction of sp³-hybridized carbons (Fsp3) is 0.273. The number of nitrogens with zero attached hydrogens (tertiary/aromatic N) is 2. The van der Waals surface area contributed by atoms with E-state index in [2.05, 4.69) is 10.2 Å². The molecule has 0 radical (unpaired) electrons. The predicted molar refractivity (Wildman–Crippen MR) is 63.9 cm³/mol. The number of nitrogens with two attached hydrogens (primary N) is 1. The van der Waals surface area contributed by atoms with E-state index < -0.39 is 0 Å². The standard InChI is InChI=1S/C11H12ClN3O2/c1-6-3-9(16-2)8(12)4-7(6)11-15-14-10(5-13)17-11/h3-4H,5,13H2,1-2H3. The minimum atomic E-state index is 0.218. The molecule has 0 atom stereocenters. The Morgan fingerprint density at radius 1 is 1.41 bits per heavy atom. The Labute approximate surface area is 104 Å². The molecular weight excluding hydrogens is 242 g/mol. The molecular formula is C11H12ClN3O2. The van der Waals surface area contributed by atoms with Gasteiger partial charge in [0, 0.05) is 5.56 Å². The van der Waals surface area contributed by atoms with Crippen molar-refractivity contribution in [2.24, 2.45) is 5.73 Å². The molecule has 2 N–H and O–H groups in total. The number of aromatic nitrogens is 2. The van der Waals surface area contributed by atoms with Crippen molar-refractivity contribution >= 4 is 11.6 Å². The summed E-state index contributed by atoms with van der Waals surface area (Å²) >= 11 is 6.05. The van der Waals surface area contributed by atoms with Crippen LogP contribution in [0.4, 0.5) is 0 Å². The first-order valence-electron chi connectivity index (χ1n) is 5.02. The molecule has 6 heteroatoms. The Kier molecular flexibility index (Phi) is 3.31. The molecule has 0 unspecified atom stereocenters. The van der Waals surface area contributed by atoms with E-state index in [0.29, 0.717) is 22.6 Å². The van der Waals surface area contributed by atoms with Crippen LogP contribution in [0, 0.1) is 6.92 Å². The summed E-state index contributed by atoms with van der Waals surface area (Å²) in [5.74, 6) is 1.42. The largest absolute Gasteiger partial charge is 0.495 e. The van der Waals surface area contributed by atoms with Crippen LogP contribution >= 0.6 is 11.6 Å². The number of hydrogen-bond donors (Lipinski definition) is 1. The molecule has 5 nitrogen and oxygen atoms in total. The first-order valence-corrected chi connectivity index (χ1v) is 5.40. The summed E-state index contributed by atoms with van der Waals surface area (Å²) in [7, 11) is 1.57. The fourth-order valence-electron chi connectivity index (χ4n) is 1.49. The van der Waals surface area contributed by atoms with Gasteiger partial charge in [-0.15, -0.1) is 10.2 Å². The lowest BCUT2D eigenvalue weighted by Gasteiger charge is -2.07. The van der Waals surface area contributed by atoms with Gasteiger partial charge in [-0.3, -0.25) is 0 Å². The number of benzene rings is 1. The van der Waals surface area contributed by atoms with Crippen LogP contribution in [0.15, 0.2) is 16.5 Å². The summed E-state index contributed by atoms with van der Waals surface area (Å²) < 4.78 is 10.5. The Balaban J connectivity index is 2.48. The molecule has 1 aromatic heterocycles. The highest BCUT2D eigenvalue weighted by molar-refractivity contribution is 6.32. The molecule has 0 aliphatic carbocycles. The smallest absolute Gasteiger partial charge is 0.248 e. The van der Waals surface area contributed by atoms with E-state index in [1.54, 1.807) is 13.2 Å². The second kappa shape index (κ2) is 4.73. The molecule has 17 heavy (non-hydrogen) atoms. The Morgan fingerprint density at radius 2 is 2.18 bits per heavy atom. The average Bonchev–Trinajstić information content (AvgIpc) is 2.80. The van der Waals surface area contributed by atoms with Gasteiger partial charge in [-0.1, -0.05) is 11.6 Å². The number of methoxy groups -OCH3 is 1. The lowest BCUT2D eigenvalue weighted by molar-refractivity contribution is 0.414. The number of aryl methyl sites for hydroxylation is 1. The maximum Gasteiger partial charge on any atom is 0.248 e. The zero-order valence-corrected chi connectivity index (χ0v) is 10.3. The average molecular weight is 254 g/mol. The molecule has 0 aliphatic heterocycles. The lowest BCUT2D eigenvalue weighted by atomic mass is 10.1. The molecule has 0 aliphatic rings. The van der Waals surface area contributed by atoms with Gasteiger partial charge in [0.1, 0.15) is 5.75 Å². The molecule has 1 heterocycles. The molecule has 2 aromatic rings. The van der Waals surface area contributed by atoms with Crippen molar-refractivity contribution in [2.75, 3.05) is 7.11 Å². The van der Waals surface area contributed by atoms with Gasteiger partial charge in [0.2, 0.25) is 11.8 Å². The topological polar surface area (TPSA) is 74.2 Å². The van der Waals surface area contributed by atoms with Crippen molar-refractivity contribution in [3.63, 3.8) is 0 Å². The van der Waals surface area contributed by atoms with Crippen molar-refractivity contribution in [1.29, 1.82) is 0 Å². The quantitative estimate of drug-likeness (QED) is 0.907. The molecule has 2 rings (SSSR count). The summed E-state index contributed by atoms with van der Waals surface area (Å²) in [4.78, 5) is 0. The zero-order valence-electron chi connectivity index (χ0n) is 9.53. The highest BCUT2D eigenvalue weighted by atomic mass is 35.5. The van der Waals surface area contributed by atoms with E-state index in [1.165, 1.54) is 0 Å². The monoisotopic (exact) mass is 253 g/mol. The summed E-state index contributed by atoms with van der Waals surface area (Å²) in [5.41, 5.74) is 7.14. The van der Waals surface area contributed by atoms with E-state index in [9.17, 15) is 0 Å². The van der Waals surface area contributed by atoms with Gasteiger partial charge in [0.15, 0.2) is 0 Å². The molecule has 0 saturated heterocycles. The highest BCUT2D eigenvalue weighted by Crippen LogP contribution is 2.32. The van der Waals surface area contributed by atoms with Crippen LogP contribution in [0.2, 0.25) is 5.02 Å². The molecule has 0 amide bonds. The number of hydrogen-bond acceptors (Lipinski definition) is 5. The molecule has 1 aromatic carbocycles. The summed E-state index contributed by atoms with van der Waals surface area (Å²) in [6.45, 7) is 2.14. The molecule has 0 saturated carbocycles. The van der Waals surface area contributed by atoms with Crippen LogP contribution in [0.5, 0.6) is 5.75 Å². The molecule has 0 spiro atoms. The molecule has 0 fully saturated rings. The van der Waals surface area contributed by atoms with Crippen LogP contribution in [-0.2, 0) is 6.54 Å². The first-order chi connectivity index (χ1) is 8.15. The Bertz CT molecular complexity index is 540. The van der Waals surface area contributed by atoms with Crippen LogP contribution in [-0.4, -0.2) is 17.3 Å². The van der Waals surface area contributed by atoms with E-state index in [4.69, 9.17) is 26.5 Å². The van der Waals surface area contributed by atoms with Gasteiger partial charge >= 0.3 is 0 Å². The first kappa shape index (κ1) is 11.9. The maximum absolute atomic E-state index is 6.05. The van der Waals surface area contributed by atoms with E-state index >= 15 is 0 Å². The van der Waals surface area contributed by atoms with Gasteiger partial charge in [-0.05, 0) is 24.6 Å². The summed E-state index contributed by atoms with van der Waals surface area (Å²) in [5, 5.41) is 8.23. The van der Waals surface area contributed by atoms with E-state index in [1.807, 2.05) is 13.0 Å². The van der Waals surface area contributed by atoms with Crippen LogP contribution in [0.1, 0.15) is 11.5 Å². The van der Waals surface area contributed by atoms with Crippen molar-refractivity contribution in [2.45, 2.75) is 13.5 Å². The lowest BCUT2D eigenvalue weighted by Crippen LogP contribution is -1.95. The Morgan fingerprint density at radius 3 is 2.76 bits per heavy atom. The molecule has 0 bridgehead atoms. The second-order valence-corrected chi connectivity index (χ2v) is 3.91. The van der Waals surface area contributed by atoms with E-state index in [-0.39, 0.29) is 6.54 Å². The highest BCUT2D eigenvalue weighted by Gasteiger charge is 2.13. The minimum absolute atomic E-state index is 0.218. The van der Waals surface area contributed by atoms with Crippen molar-refractivity contribution in [3.8, 4) is 17.2 Å². The van der Waals surface area contributed by atoms with Gasteiger partial charge in [-0.25, -0.2) is 0 Å². The third kappa shape index (κ3) is 2.25. The number of ether oxygens (including phenoxy) is 1. The van der Waals surface area contributed by atoms with Crippen molar-refractivity contribution in [1.82, 2.24) is 10.2 Å². The third-order valence-corrected chi connectivity index (χ3v) is 2.67.